The van der Waals surface area contributed by atoms with E-state index in [1.807, 2.05) is 31.2 Å². The summed E-state index contributed by atoms with van der Waals surface area (Å²) >= 11 is 0. The molecule has 4 heteroatoms. The van der Waals surface area contributed by atoms with Crippen molar-refractivity contribution < 1.29 is 19.1 Å². The molecule has 0 saturated heterocycles. The molecule has 0 N–H and O–H groups in total. The Morgan fingerprint density at radius 1 is 1.17 bits per heavy atom. The average molecular weight is 248 g/mol. The van der Waals surface area contributed by atoms with Crippen LogP contribution >= 0.6 is 0 Å². The van der Waals surface area contributed by atoms with E-state index >= 15 is 0 Å². The van der Waals surface area contributed by atoms with Crippen LogP contribution in [0.5, 0.6) is 0 Å². The largest absolute Gasteiger partial charge is 0.469 e. The van der Waals surface area contributed by atoms with Crippen LogP contribution in [0.2, 0.25) is 0 Å². The SMILES string of the molecule is COC(=O)[C@@H]1C[C@]1(C(=O)OC)c1ccc(C)cc1. The van der Waals surface area contributed by atoms with Crippen LogP contribution in [0.1, 0.15) is 17.5 Å². The number of esters is 2. The number of hydrogen-bond acceptors (Lipinski definition) is 4. The van der Waals surface area contributed by atoms with Crippen molar-refractivity contribution in [1.29, 1.82) is 0 Å². The molecule has 96 valence electrons. The molecule has 0 spiro atoms. The molecule has 1 fully saturated rings. The van der Waals surface area contributed by atoms with E-state index in [0.717, 1.165) is 11.1 Å². The van der Waals surface area contributed by atoms with E-state index in [9.17, 15) is 9.59 Å². The minimum atomic E-state index is -0.852. The first-order valence-electron chi connectivity index (χ1n) is 5.79. The number of methoxy groups -OCH3 is 2. The summed E-state index contributed by atoms with van der Waals surface area (Å²) in [6, 6.07) is 7.59. The first kappa shape index (κ1) is 12.6. The van der Waals surface area contributed by atoms with Crippen molar-refractivity contribution in [2.24, 2.45) is 5.92 Å². The normalized spacial score (nSPS) is 25.4. The lowest BCUT2D eigenvalue weighted by atomic mass is 9.92. The van der Waals surface area contributed by atoms with E-state index in [1.54, 1.807) is 0 Å². The van der Waals surface area contributed by atoms with E-state index < -0.39 is 11.3 Å². The Hall–Kier alpha value is -1.84. The van der Waals surface area contributed by atoms with E-state index in [4.69, 9.17) is 9.47 Å². The second kappa shape index (κ2) is 4.44. The van der Waals surface area contributed by atoms with Gasteiger partial charge in [0.1, 0.15) is 5.41 Å². The number of ether oxygens (including phenoxy) is 2. The fraction of sp³-hybridized carbons (Fsp3) is 0.429. The first-order chi connectivity index (χ1) is 8.56. The van der Waals surface area contributed by atoms with Crippen LogP contribution in [0.3, 0.4) is 0 Å². The Labute approximate surface area is 106 Å². The van der Waals surface area contributed by atoms with Crippen LogP contribution in [0.25, 0.3) is 0 Å². The van der Waals surface area contributed by atoms with Crippen LogP contribution < -0.4 is 0 Å². The minimum Gasteiger partial charge on any atom is -0.469 e. The summed E-state index contributed by atoms with van der Waals surface area (Å²) < 4.78 is 9.56. The second-order valence-electron chi connectivity index (χ2n) is 4.61. The molecule has 1 aliphatic carbocycles. The van der Waals surface area contributed by atoms with Crippen molar-refractivity contribution in [2.75, 3.05) is 14.2 Å². The van der Waals surface area contributed by atoms with E-state index in [-0.39, 0.29) is 11.9 Å². The Bertz CT molecular complexity index is 477. The van der Waals surface area contributed by atoms with Crippen molar-refractivity contribution in [1.82, 2.24) is 0 Å². The fourth-order valence-electron chi connectivity index (χ4n) is 2.39. The molecule has 0 bridgehead atoms. The van der Waals surface area contributed by atoms with Crippen LogP contribution in [0.15, 0.2) is 24.3 Å². The maximum absolute atomic E-state index is 12.0. The maximum atomic E-state index is 12.0. The van der Waals surface area contributed by atoms with Crippen molar-refractivity contribution in [3.8, 4) is 0 Å². The van der Waals surface area contributed by atoms with Gasteiger partial charge in [-0.05, 0) is 18.9 Å². The maximum Gasteiger partial charge on any atom is 0.317 e. The molecule has 0 radical (unpaired) electrons. The molecule has 2 atom stereocenters. The molecule has 2 rings (SSSR count). The molecular formula is C14H16O4. The Kier molecular flexibility index (Phi) is 3.11. The molecule has 1 saturated carbocycles. The van der Waals surface area contributed by atoms with Gasteiger partial charge < -0.3 is 9.47 Å². The highest BCUT2D eigenvalue weighted by atomic mass is 16.5. The number of carbonyl (C=O) groups is 2. The molecule has 1 aromatic carbocycles. The number of hydrogen-bond donors (Lipinski definition) is 0. The van der Waals surface area contributed by atoms with E-state index in [2.05, 4.69) is 0 Å². The molecule has 1 aromatic rings. The Morgan fingerprint density at radius 2 is 1.78 bits per heavy atom. The molecule has 4 nitrogen and oxygen atoms in total. The molecule has 18 heavy (non-hydrogen) atoms. The van der Waals surface area contributed by atoms with Gasteiger partial charge in [0.05, 0.1) is 20.1 Å². The van der Waals surface area contributed by atoms with Crippen molar-refractivity contribution in [3.63, 3.8) is 0 Å². The zero-order valence-electron chi connectivity index (χ0n) is 10.7. The molecule has 0 aromatic heterocycles. The van der Waals surface area contributed by atoms with Gasteiger partial charge in [0.25, 0.3) is 0 Å². The van der Waals surface area contributed by atoms with Crippen molar-refractivity contribution >= 4 is 11.9 Å². The van der Waals surface area contributed by atoms with Crippen molar-refractivity contribution in [2.45, 2.75) is 18.8 Å². The third-order valence-corrected chi connectivity index (χ3v) is 3.56. The number of benzene rings is 1. The van der Waals surface area contributed by atoms with Crippen LogP contribution in [-0.2, 0) is 24.5 Å². The number of aryl methyl sites for hydroxylation is 1. The van der Waals surface area contributed by atoms with Gasteiger partial charge in [0.15, 0.2) is 0 Å². The first-order valence-corrected chi connectivity index (χ1v) is 5.79. The van der Waals surface area contributed by atoms with Crippen LogP contribution in [0.4, 0.5) is 0 Å². The van der Waals surface area contributed by atoms with E-state index in [0.29, 0.717) is 6.42 Å². The zero-order chi connectivity index (χ0) is 13.3. The predicted molar refractivity (Wildman–Crippen MR) is 65.0 cm³/mol. The van der Waals surface area contributed by atoms with Crippen LogP contribution in [-0.4, -0.2) is 26.2 Å². The van der Waals surface area contributed by atoms with Crippen LogP contribution in [0, 0.1) is 12.8 Å². The van der Waals surface area contributed by atoms with Gasteiger partial charge in [0.2, 0.25) is 0 Å². The smallest absolute Gasteiger partial charge is 0.317 e. The molecular weight excluding hydrogens is 232 g/mol. The van der Waals surface area contributed by atoms with Gasteiger partial charge in [-0.1, -0.05) is 29.8 Å². The summed E-state index contributed by atoms with van der Waals surface area (Å²) in [5.74, 6) is -1.17. The average Bonchev–Trinajstić information content (AvgIpc) is 3.14. The van der Waals surface area contributed by atoms with Gasteiger partial charge >= 0.3 is 11.9 Å². The highest BCUT2D eigenvalue weighted by molar-refractivity contribution is 5.96. The van der Waals surface area contributed by atoms with Gasteiger partial charge in [0, 0.05) is 0 Å². The topological polar surface area (TPSA) is 52.6 Å². The number of rotatable bonds is 3. The quantitative estimate of drug-likeness (QED) is 0.762. The van der Waals surface area contributed by atoms with Gasteiger partial charge in [-0.2, -0.15) is 0 Å². The minimum absolute atomic E-state index is 0.360. The lowest BCUT2D eigenvalue weighted by Crippen LogP contribution is -2.27. The molecule has 0 amide bonds. The highest BCUT2D eigenvalue weighted by Gasteiger charge is 2.66. The Balaban J connectivity index is 2.37. The summed E-state index contributed by atoms with van der Waals surface area (Å²) in [6.07, 6.45) is 0.454. The zero-order valence-corrected chi connectivity index (χ0v) is 10.7. The lowest BCUT2D eigenvalue weighted by Gasteiger charge is -2.15. The predicted octanol–water partition coefficient (Wildman–Crippen LogP) is 1.60. The van der Waals surface area contributed by atoms with Gasteiger partial charge in [-0.25, -0.2) is 0 Å². The summed E-state index contributed by atoms with van der Waals surface area (Å²) in [7, 11) is 2.67. The third kappa shape index (κ3) is 1.78. The van der Waals surface area contributed by atoms with Gasteiger partial charge in [-0.3, -0.25) is 9.59 Å². The van der Waals surface area contributed by atoms with E-state index in [1.165, 1.54) is 14.2 Å². The van der Waals surface area contributed by atoms with Crippen molar-refractivity contribution in [3.05, 3.63) is 35.4 Å². The second-order valence-corrected chi connectivity index (χ2v) is 4.61. The summed E-state index contributed by atoms with van der Waals surface area (Å²) in [5.41, 5.74) is 1.07. The summed E-state index contributed by atoms with van der Waals surface area (Å²) in [6.45, 7) is 1.97. The standard InChI is InChI=1S/C14H16O4/c1-9-4-6-10(7-5-9)14(13(16)18-3)8-11(14)12(15)17-2/h4-7,11H,8H2,1-3H3/t11-,14-/m0/s1. The molecule has 1 aliphatic rings. The molecule has 0 heterocycles. The third-order valence-electron chi connectivity index (χ3n) is 3.56. The molecule has 0 unspecified atom stereocenters. The lowest BCUT2D eigenvalue weighted by molar-refractivity contribution is -0.149. The fourth-order valence-corrected chi connectivity index (χ4v) is 2.39. The summed E-state index contributed by atoms with van der Waals surface area (Å²) in [4.78, 5) is 23.6. The summed E-state index contributed by atoms with van der Waals surface area (Å²) in [5, 5.41) is 0. The number of carbonyl (C=O) groups excluding carboxylic acids is 2. The molecule has 0 aliphatic heterocycles. The van der Waals surface area contributed by atoms with Gasteiger partial charge in [-0.15, -0.1) is 0 Å². The monoisotopic (exact) mass is 248 g/mol. The Morgan fingerprint density at radius 3 is 2.28 bits per heavy atom. The highest BCUT2D eigenvalue weighted by Crippen LogP contribution is 2.55.